The predicted molar refractivity (Wildman–Crippen MR) is 71.3 cm³/mol. The van der Waals surface area contributed by atoms with E-state index in [-0.39, 0.29) is 5.41 Å². The van der Waals surface area contributed by atoms with Gasteiger partial charge in [0.1, 0.15) is 11.4 Å². The third-order valence-corrected chi connectivity index (χ3v) is 3.49. The first-order valence-electron chi connectivity index (χ1n) is 5.71. The van der Waals surface area contributed by atoms with Crippen molar-refractivity contribution in [2.24, 2.45) is 0 Å². The summed E-state index contributed by atoms with van der Waals surface area (Å²) in [4.78, 5) is 8.50. The minimum absolute atomic E-state index is 0.143. The van der Waals surface area contributed by atoms with Gasteiger partial charge in [-0.3, -0.25) is 0 Å². The Morgan fingerprint density at radius 2 is 1.72 bits per heavy atom. The smallest absolute Gasteiger partial charge is 0.217 e. The molecule has 94 valence electrons. The molecule has 18 heavy (non-hydrogen) atoms. The van der Waals surface area contributed by atoms with Crippen LogP contribution in [-0.4, -0.2) is 9.97 Å². The van der Waals surface area contributed by atoms with Crippen LogP contribution in [0.2, 0.25) is 0 Å². The average Bonchev–Trinajstić information content (AvgIpc) is 2.28. The molecule has 0 unspecified atom stereocenters. The van der Waals surface area contributed by atoms with Gasteiger partial charge in [0.2, 0.25) is 5.95 Å². The van der Waals surface area contributed by atoms with Crippen molar-refractivity contribution in [1.29, 1.82) is 0 Å². The zero-order valence-electron chi connectivity index (χ0n) is 10.6. The Morgan fingerprint density at radius 3 is 2.28 bits per heavy atom. The summed E-state index contributed by atoms with van der Waals surface area (Å²) < 4.78 is 12.9. The van der Waals surface area contributed by atoms with Gasteiger partial charge in [-0.1, -0.05) is 44.7 Å². The maximum atomic E-state index is 12.9. The summed E-state index contributed by atoms with van der Waals surface area (Å²) in [5.74, 6) is -0.501. The van der Waals surface area contributed by atoms with Crippen LogP contribution in [0.1, 0.15) is 26.3 Å². The molecule has 0 amide bonds. The molecule has 0 fully saturated rings. The molecule has 4 heteroatoms. The van der Waals surface area contributed by atoms with Gasteiger partial charge >= 0.3 is 0 Å². The van der Waals surface area contributed by atoms with E-state index < -0.39 is 5.95 Å². The molecule has 0 bridgehead atoms. The third-order valence-electron chi connectivity index (χ3n) is 2.55. The second-order valence-corrected chi connectivity index (χ2v) is 6.15. The highest BCUT2D eigenvalue weighted by Crippen LogP contribution is 2.29. The summed E-state index contributed by atoms with van der Waals surface area (Å²) >= 11 is 1.43. The van der Waals surface area contributed by atoms with Gasteiger partial charge in [0, 0.05) is 11.0 Å². The highest BCUT2D eigenvalue weighted by molar-refractivity contribution is 7.99. The summed E-state index contributed by atoms with van der Waals surface area (Å²) in [6.07, 6.45) is 1.24. The third kappa shape index (κ3) is 3.29. The second kappa shape index (κ2) is 5.06. The quantitative estimate of drug-likeness (QED) is 0.763. The maximum absolute atomic E-state index is 12.9. The van der Waals surface area contributed by atoms with Crippen molar-refractivity contribution in [3.8, 4) is 0 Å². The first-order valence-corrected chi connectivity index (χ1v) is 6.53. The number of halogens is 1. The SMILES string of the molecule is CC(C)(C)c1ccc(Sc2cc(F)ncn2)cc1. The van der Waals surface area contributed by atoms with Gasteiger partial charge < -0.3 is 0 Å². The van der Waals surface area contributed by atoms with E-state index in [1.807, 2.05) is 12.1 Å². The lowest BCUT2D eigenvalue weighted by Gasteiger charge is -2.18. The van der Waals surface area contributed by atoms with Crippen LogP contribution in [0.5, 0.6) is 0 Å². The van der Waals surface area contributed by atoms with Crippen molar-refractivity contribution in [1.82, 2.24) is 9.97 Å². The zero-order valence-corrected chi connectivity index (χ0v) is 11.5. The Balaban J connectivity index is 2.16. The Labute approximate surface area is 111 Å². The number of rotatable bonds is 2. The molecular formula is C14H15FN2S. The topological polar surface area (TPSA) is 25.8 Å². The monoisotopic (exact) mass is 262 g/mol. The van der Waals surface area contributed by atoms with Crippen LogP contribution in [0.25, 0.3) is 0 Å². The summed E-state index contributed by atoms with van der Waals surface area (Å²) in [6, 6.07) is 9.60. The van der Waals surface area contributed by atoms with Gasteiger partial charge in [-0.25, -0.2) is 9.97 Å². The number of hydrogen-bond donors (Lipinski definition) is 0. The van der Waals surface area contributed by atoms with Crippen LogP contribution >= 0.6 is 11.8 Å². The summed E-state index contributed by atoms with van der Waals surface area (Å²) in [6.45, 7) is 6.53. The molecule has 2 rings (SSSR count). The normalized spacial score (nSPS) is 11.6. The van der Waals surface area contributed by atoms with E-state index in [1.165, 1.54) is 29.7 Å². The number of aromatic nitrogens is 2. The van der Waals surface area contributed by atoms with E-state index in [1.54, 1.807) is 0 Å². The molecule has 2 aromatic rings. The maximum Gasteiger partial charge on any atom is 0.217 e. The van der Waals surface area contributed by atoms with Gasteiger partial charge in [-0.15, -0.1) is 0 Å². The molecule has 0 atom stereocenters. The van der Waals surface area contributed by atoms with Crippen LogP contribution in [-0.2, 0) is 5.41 Å². The first kappa shape index (κ1) is 13.0. The second-order valence-electron chi connectivity index (χ2n) is 5.06. The summed E-state index contributed by atoms with van der Waals surface area (Å²) in [5, 5.41) is 0.617. The van der Waals surface area contributed by atoms with Gasteiger partial charge in [0.15, 0.2) is 0 Å². The Kier molecular flexibility index (Phi) is 3.66. The molecule has 0 radical (unpaired) electrons. The molecule has 0 saturated heterocycles. The van der Waals surface area contributed by atoms with E-state index in [4.69, 9.17) is 0 Å². The van der Waals surface area contributed by atoms with E-state index >= 15 is 0 Å². The van der Waals surface area contributed by atoms with Crippen molar-refractivity contribution >= 4 is 11.8 Å². The van der Waals surface area contributed by atoms with Gasteiger partial charge in [0.25, 0.3) is 0 Å². The zero-order chi connectivity index (χ0) is 13.2. The lowest BCUT2D eigenvalue weighted by atomic mass is 9.87. The molecule has 0 spiro atoms. The average molecular weight is 262 g/mol. The molecule has 0 aliphatic carbocycles. The molecule has 0 N–H and O–H groups in total. The van der Waals surface area contributed by atoms with Crippen LogP contribution in [0.4, 0.5) is 4.39 Å². The summed E-state index contributed by atoms with van der Waals surface area (Å²) in [7, 11) is 0. The standard InChI is InChI=1S/C14H15FN2S/c1-14(2,3)10-4-6-11(7-5-10)18-13-8-12(15)16-9-17-13/h4-9H,1-3H3. The van der Waals surface area contributed by atoms with Crippen molar-refractivity contribution in [2.75, 3.05) is 0 Å². The fraction of sp³-hybridized carbons (Fsp3) is 0.286. The van der Waals surface area contributed by atoms with Crippen molar-refractivity contribution in [3.63, 3.8) is 0 Å². The number of benzene rings is 1. The Morgan fingerprint density at radius 1 is 1.06 bits per heavy atom. The predicted octanol–water partition coefficient (Wildman–Crippen LogP) is 4.06. The van der Waals surface area contributed by atoms with Crippen molar-refractivity contribution in [3.05, 3.63) is 48.2 Å². The fourth-order valence-corrected chi connectivity index (χ4v) is 2.29. The largest absolute Gasteiger partial charge is 0.229 e. The lowest BCUT2D eigenvalue weighted by molar-refractivity contribution is 0.572. The van der Waals surface area contributed by atoms with Gasteiger partial charge in [-0.2, -0.15) is 4.39 Å². The highest BCUT2D eigenvalue weighted by Gasteiger charge is 2.13. The molecule has 1 aromatic heterocycles. The number of hydrogen-bond acceptors (Lipinski definition) is 3. The molecule has 1 aromatic carbocycles. The molecule has 0 aliphatic heterocycles. The fourth-order valence-electron chi connectivity index (χ4n) is 1.52. The molecule has 0 saturated carbocycles. The molecular weight excluding hydrogens is 247 g/mol. The van der Waals surface area contributed by atoms with E-state index in [2.05, 4.69) is 42.9 Å². The molecule has 0 aliphatic rings. The highest BCUT2D eigenvalue weighted by atomic mass is 32.2. The summed E-state index contributed by atoms with van der Waals surface area (Å²) in [5.41, 5.74) is 1.42. The van der Waals surface area contributed by atoms with E-state index in [9.17, 15) is 4.39 Å². The minimum Gasteiger partial charge on any atom is -0.229 e. The first-order chi connectivity index (χ1) is 8.45. The van der Waals surface area contributed by atoms with Crippen molar-refractivity contribution in [2.45, 2.75) is 36.1 Å². The van der Waals surface area contributed by atoms with E-state index in [0.29, 0.717) is 5.03 Å². The lowest BCUT2D eigenvalue weighted by Crippen LogP contribution is -2.10. The van der Waals surface area contributed by atoms with E-state index in [0.717, 1.165) is 4.90 Å². The number of nitrogens with zero attached hydrogens (tertiary/aromatic N) is 2. The van der Waals surface area contributed by atoms with Crippen LogP contribution in [0.15, 0.2) is 46.6 Å². The van der Waals surface area contributed by atoms with Gasteiger partial charge in [-0.05, 0) is 23.1 Å². The minimum atomic E-state index is -0.501. The Hall–Kier alpha value is -1.42. The van der Waals surface area contributed by atoms with Crippen LogP contribution in [0, 0.1) is 5.95 Å². The molecule has 1 heterocycles. The van der Waals surface area contributed by atoms with Gasteiger partial charge in [0.05, 0.1) is 0 Å². The van der Waals surface area contributed by atoms with Crippen molar-refractivity contribution < 1.29 is 4.39 Å². The Bertz CT molecular complexity index is 532. The van der Waals surface area contributed by atoms with Crippen LogP contribution < -0.4 is 0 Å². The van der Waals surface area contributed by atoms with Crippen LogP contribution in [0.3, 0.4) is 0 Å². The molecule has 2 nitrogen and oxygen atoms in total.